The molecule has 1 aromatic carbocycles. The first-order chi connectivity index (χ1) is 8.51. The summed E-state index contributed by atoms with van der Waals surface area (Å²) in [6.07, 6.45) is 1.71. The lowest BCUT2D eigenvalue weighted by molar-refractivity contribution is 0.409. The molecule has 0 saturated heterocycles. The molecule has 18 heavy (non-hydrogen) atoms. The van der Waals surface area contributed by atoms with E-state index in [1.807, 2.05) is 45.0 Å². The Bertz CT molecular complexity index is 462. The van der Waals surface area contributed by atoms with Crippen molar-refractivity contribution in [2.24, 2.45) is 0 Å². The summed E-state index contributed by atoms with van der Waals surface area (Å²) in [4.78, 5) is 0. The Morgan fingerprint density at radius 3 is 2.11 bits per heavy atom. The van der Waals surface area contributed by atoms with Gasteiger partial charge in [0.25, 0.3) is 0 Å². The molecule has 0 aliphatic carbocycles. The van der Waals surface area contributed by atoms with Crippen molar-refractivity contribution < 1.29 is 8.42 Å². The summed E-state index contributed by atoms with van der Waals surface area (Å²) < 4.78 is 26.3. The largest absolute Gasteiger partial charge is 0.218 e. The molecule has 4 heteroatoms. The van der Waals surface area contributed by atoms with Gasteiger partial charge in [-0.05, 0) is 30.9 Å². The molecule has 0 bridgehead atoms. The molecule has 0 fully saturated rings. The summed E-state index contributed by atoms with van der Waals surface area (Å²) in [7, 11) is -3.19. The minimum Gasteiger partial charge on any atom is -0.212 e. The Morgan fingerprint density at radius 1 is 1.06 bits per heavy atom. The highest BCUT2D eigenvalue weighted by Crippen LogP contribution is 2.15. The Hall–Kier alpha value is -0.870. The second kappa shape index (κ2) is 6.90. The van der Waals surface area contributed by atoms with Crippen LogP contribution < -0.4 is 0 Å². The van der Waals surface area contributed by atoms with Gasteiger partial charge in [0.1, 0.15) is 0 Å². The van der Waals surface area contributed by atoms with E-state index in [1.54, 1.807) is 4.31 Å². The Balaban J connectivity index is 2.89. The first-order valence-electron chi connectivity index (χ1n) is 6.53. The molecule has 1 rings (SSSR count). The van der Waals surface area contributed by atoms with Crippen molar-refractivity contribution in [3.8, 4) is 0 Å². The van der Waals surface area contributed by atoms with Crippen LogP contribution in [-0.4, -0.2) is 25.8 Å². The summed E-state index contributed by atoms with van der Waals surface area (Å²) in [5.41, 5.74) is 1.93. The predicted molar refractivity (Wildman–Crippen MR) is 76.0 cm³/mol. The number of benzene rings is 1. The Labute approximate surface area is 111 Å². The van der Waals surface area contributed by atoms with E-state index in [0.29, 0.717) is 13.1 Å². The van der Waals surface area contributed by atoms with E-state index in [1.165, 1.54) is 0 Å². The maximum absolute atomic E-state index is 12.4. The van der Waals surface area contributed by atoms with E-state index < -0.39 is 10.0 Å². The third-order valence-electron chi connectivity index (χ3n) is 2.94. The number of hydrogen-bond acceptors (Lipinski definition) is 2. The summed E-state index contributed by atoms with van der Waals surface area (Å²) >= 11 is 0. The molecular formula is C14H23NO2S. The molecule has 0 aromatic heterocycles. The van der Waals surface area contributed by atoms with Gasteiger partial charge < -0.3 is 0 Å². The van der Waals surface area contributed by atoms with Gasteiger partial charge >= 0.3 is 0 Å². The van der Waals surface area contributed by atoms with E-state index in [0.717, 1.165) is 24.0 Å². The van der Waals surface area contributed by atoms with Gasteiger partial charge in [-0.25, -0.2) is 12.7 Å². The van der Waals surface area contributed by atoms with Crippen molar-refractivity contribution in [3.05, 3.63) is 35.4 Å². The smallest absolute Gasteiger partial charge is 0.212 e. The topological polar surface area (TPSA) is 37.4 Å². The quantitative estimate of drug-likeness (QED) is 0.763. The molecular weight excluding hydrogens is 246 g/mol. The molecule has 0 radical (unpaired) electrons. The van der Waals surface area contributed by atoms with Crippen LogP contribution >= 0.6 is 0 Å². The van der Waals surface area contributed by atoms with Gasteiger partial charge in [0.15, 0.2) is 0 Å². The van der Waals surface area contributed by atoms with Gasteiger partial charge in [-0.15, -0.1) is 0 Å². The standard InChI is InChI=1S/C14H23NO2S/c1-4-10-15(11-5-2)18(16,17)12-14-9-7-6-8-13(14)3/h6-9H,4-5,10-12H2,1-3H3. The lowest BCUT2D eigenvalue weighted by atomic mass is 10.1. The first-order valence-corrected chi connectivity index (χ1v) is 8.14. The zero-order valence-electron chi connectivity index (χ0n) is 11.5. The summed E-state index contributed by atoms with van der Waals surface area (Å²) in [6, 6.07) is 7.67. The zero-order valence-corrected chi connectivity index (χ0v) is 12.3. The molecule has 0 spiro atoms. The number of hydrogen-bond donors (Lipinski definition) is 0. The molecule has 0 N–H and O–H groups in total. The van der Waals surface area contributed by atoms with Crippen LogP contribution in [0.1, 0.15) is 37.8 Å². The molecule has 0 aliphatic rings. The predicted octanol–water partition coefficient (Wildman–Crippen LogP) is 2.95. The maximum atomic E-state index is 12.4. The van der Waals surface area contributed by atoms with E-state index in [4.69, 9.17) is 0 Å². The van der Waals surface area contributed by atoms with E-state index in [2.05, 4.69) is 0 Å². The lowest BCUT2D eigenvalue weighted by Gasteiger charge is -2.21. The van der Waals surface area contributed by atoms with Gasteiger partial charge in [0.2, 0.25) is 10.0 Å². The van der Waals surface area contributed by atoms with Crippen LogP contribution in [0.25, 0.3) is 0 Å². The third kappa shape index (κ3) is 4.10. The molecule has 0 atom stereocenters. The fraction of sp³-hybridized carbons (Fsp3) is 0.571. The number of aryl methyl sites for hydroxylation is 1. The van der Waals surface area contributed by atoms with Crippen molar-refractivity contribution in [2.75, 3.05) is 13.1 Å². The molecule has 0 amide bonds. The maximum Gasteiger partial charge on any atom is 0.218 e. The summed E-state index contributed by atoms with van der Waals surface area (Å²) in [5, 5.41) is 0. The molecule has 102 valence electrons. The molecule has 1 aromatic rings. The number of sulfonamides is 1. The minimum atomic E-state index is -3.19. The van der Waals surface area contributed by atoms with Gasteiger partial charge in [-0.2, -0.15) is 0 Å². The van der Waals surface area contributed by atoms with Gasteiger partial charge in [0.05, 0.1) is 5.75 Å². The first kappa shape index (κ1) is 15.2. The second-order valence-electron chi connectivity index (χ2n) is 4.58. The SMILES string of the molecule is CCCN(CCC)S(=O)(=O)Cc1ccccc1C. The fourth-order valence-corrected chi connectivity index (χ4v) is 3.77. The zero-order chi connectivity index (χ0) is 13.6. The highest BCUT2D eigenvalue weighted by Gasteiger charge is 2.21. The van der Waals surface area contributed by atoms with Crippen LogP contribution in [0.15, 0.2) is 24.3 Å². The van der Waals surface area contributed by atoms with Crippen LogP contribution in [0.5, 0.6) is 0 Å². The van der Waals surface area contributed by atoms with Gasteiger partial charge in [-0.1, -0.05) is 38.1 Å². The molecule has 0 unspecified atom stereocenters. The lowest BCUT2D eigenvalue weighted by Crippen LogP contribution is -2.33. The van der Waals surface area contributed by atoms with E-state index in [-0.39, 0.29) is 5.75 Å². The third-order valence-corrected chi connectivity index (χ3v) is 4.77. The number of nitrogens with zero attached hydrogens (tertiary/aromatic N) is 1. The van der Waals surface area contributed by atoms with E-state index >= 15 is 0 Å². The van der Waals surface area contributed by atoms with Crippen LogP contribution in [0.3, 0.4) is 0 Å². The van der Waals surface area contributed by atoms with Crippen LogP contribution in [0.4, 0.5) is 0 Å². The van der Waals surface area contributed by atoms with Crippen LogP contribution in [-0.2, 0) is 15.8 Å². The van der Waals surface area contributed by atoms with Gasteiger partial charge in [0, 0.05) is 13.1 Å². The normalized spacial score (nSPS) is 12.0. The van der Waals surface area contributed by atoms with Crippen molar-refractivity contribution >= 4 is 10.0 Å². The molecule has 0 aliphatic heterocycles. The molecule has 3 nitrogen and oxygen atoms in total. The highest BCUT2D eigenvalue weighted by atomic mass is 32.2. The van der Waals surface area contributed by atoms with Crippen molar-refractivity contribution in [2.45, 2.75) is 39.4 Å². The molecule has 0 saturated carbocycles. The average Bonchev–Trinajstić information content (AvgIpc) is 2.32. The minimum absolute atomic E-state index is 0.111. The van der Waals surface area contributed by atoms with Crippen LogP contribution in [0, 0.1) is 6.92 Å². The second-order valence-corrected chi connectivity index (χ2v) is 6.55. The Morgan fingerprint density at radius 2 is 1.61 bits per heavy atom. The fourth-order valence-electron chi connectivity index (χ4n) is 1.95. The summed E-state index contributed by atoms with van der Waals surface area (Å²) in [6.45, 7) is 7.19. The van der Waals surface area contributed by atoms with Crippen molar-refractivity contribution in [1.82, 2.24) is 4.31 Å². The summed E-state index contributed by atoms with van der Waals surface area (Å²) in [5.74, 6) is 0.111. The van der Waals surface area contributed by atoms with E-state index in [9.17, 15) is 8.42 Å². The average molecular weight is 269 g/mol. The van der Waals surface area contributed by atoms with Crippen molar-refractivity contribution in [1.29, 1.82) is 0 Å². The number of rotatable bonds is 7. The van der Waals surface area contributed by atoms with Crippen LogP contribution in [0.2, 0.25) is 0 Å². The Kier molecular flexibility index (Phi) is 5.82. The monoisotopic (exact) mass is 269 g/mol. The highest BCUT2D eigenvalue weighted by molar-refractivity contribution is 7.88. The molecule has 0 heterocycles. The van der Waals surface area contributed by atoms with Crippen molar-refractivity contribution in [3.63, 3.8) is 0 Å². The van der Waals surface area contributed by atoms with Gasteiger partial charge in [-0.3, -0.25) is 0 Å².